The monoisotopic (exact) mass is 218 g/mol. The van der Waals surface area contributed by atoms with Gasteiger partial charge < -0.3 is 15.2 Å². The summed E-state index contributed by atoms with van der Waals surface area (Å²) in [5.74, 6) is -0.0565. The van der Waals surface area contributed by atoms with Crippen molar-refractivity contribution in [1.82, 2.24) is 0 Å². The Balaban J connectivity index is 2.30. The van der Waals surface area contributed by atoms with E-state index in [1.807, 2.05) is 6.07 Å². The summed E-state index contributed by atoms with van der Waals surface area (Å²) in [5, 5.41) is 27.6. The van der Waals surface area contributed by atoms with E-state index >= 15 is 0 Å². The molecule has 0 aliphatic heterocycles. The first-order valence-electron chi connectivity index (χ1n) is 5.57. The van der Waals surface area contributed by atoms with Gasteiger partial charge in [-0.25, -0.2) is 0 Å². The SMILES string of the molecule is OB(O)c1ccc(C2=CCCCC2)cc1O. The summed E-state index contributed by atoms with van der Waals surface area (Å²) in [6, 6.07) is 4.99. The average molecular weight is 218 g/mol. The first-order valence-corrected chi connectivity index (χ1v) is 5.57. The molecule has 16 heavy (non-hydrogen) atoms. The van der Waals surface area contributed by atoms with Gasteiger partial charge in [-0.1, -0.05) is 18.2 Å². The molecule has 0 saturated carbocycles. The molecule has 0 unspecified atom stereocenters. The summed E-state index contributed by atoms with van der Waals surface area (Å²) in [4.78, 5) is 0. The van der Waals surface area contributed by atoms with Crippen LogP contribution in [0.3, 0.4) is 0 Å². The molecular formula is C12H15BO3. The molecule has 0 fully saturated rings. The molecule has 0 amide bonds. The maximum Gasteiger partial charge on any atom is 0.492 e. The maximum atomic E-state index is 9.65. The molecule has 0 aromatic heterocycles. The van der Waals surface area contributed by atoms with Gasteiger partial charge in [0.1, 0.15) is 5.75 Å². The predicted molar refractivity (Wildman–Crippen MR) is 64.4 cm³/mol. The molecule has 1 aliphatic carbocycles. The highest BCUT2D eigenvalue weighted by Crippen LogP contribution is 2.27. The average Bonchev–Trinajstić information content (AvgIpc) is 2.29. The molecule has 0 radical (unpaired) electrons. The van der Waals surface area contributed by atoms with E-state index in [9.17, 15) is 5.11 Å². The summed E-state index contributed by atoms with van der Waals surface area (Å²) in [6.07, 6.45) is 6.70. The lowest BCUT2D eigenvalue weighted by Gasteiger charge is -2.14. The van der Waals surface area contributed by atoms with Crippen LogP contribution < -0.4 is 5.46 Å². The Hall–Kier alpha value is -1.26. The third kappa shape index (κ3) is 2.28. The molecule has 1 aromatic carbocycles. The van der Waals surface area contributed by atoms with Crippen molar-refractivity contribution in [2.75, 3.05) is 0 Å². The first kappa shape index (κ1) is 11.2. The summed E-state index contributed by atoms with van der Waals surface area (Å²) in [6.45, 7) is 0. The second-order valence-corrected chi connectivity index (χ2v) is 4.12. The minimum absolute atomic E-state index is 0.0565. The standard InChI is InChI=1S/C12H15BO3/c14-12-8-10(6-7-11(12)13(15)16)9-4-2-1-3-5-9/h4,6-8,14-16H,1-3,5H2. The van der Waals surface area contributed by atoms with E-state index in [1.165, 1.54) is 18.4 Å². The van der Waals surface area contributed by atoms with Crippen LogP contribution in [0.4, 0.5) is 0 Å². The van der Waals surface area contributed by atoms with Gasteiger partial charge in [-0.05, 0) is 42.9 Å². The molecule has 0 saturated heterocycles. The zero-order valence-electron chi connectivity index (χ0n) is 9.06. The van der Waals surface area contributed by atoms with E-state index in [2.05, 4.69) is 6.08 Å². The number of hydrogen-bond donors (Lipinski definition) is 3. The van der Waals surface area contributed by atoms with Gasteiger partial charge in [0.05, 0.1) is 0 Å². The summed E-state index contributed by atoms with van der Waals surface area (Å²) < 4.78 is 0. The zero-order valence-corrected chi connectivity index (χ0v) is 9.06. The van der Waals surface area contributed by atoms with Crippen LogP contribution in [0, 0.1) is 0 Å². The molecule has 0 bridgehead atoms. The molecule has 2 rings (SSSR count). The number of rotatable bonds is 2. The second-order valence-electron chi connectivity index (χ2n) is 4.12. The van der Waals surface area contributed by atoms with E-state index in [-0.39, 0.29) is 11.2 Å². The minimum Gasteiger partial charge on any atom is -0.508 e. The second kappa shape index (κ2) is 4.72. The van der Waals surface area contributed by atoms with Crippen molar-refractivity contribution in [3.8, 4) is 5.75 Å². The predicted octanol–water partition coefficient (Wildman–Crippen LogP) is 1.03. The van der Waals surface area contributed by atoms with Crippen molar-refractivity contribution in [3.63, 3.8) is 0 Å². The summed E-state index contributed by atoms with van der Waals surface area (Å²) in [5.41, 5.74) is 2.36. The number of benzene rings is 1. The third-order valence-electron chi connectivity index (χ3n) is 2.97. The van der Waals surface area contributed by atoms with E-state index in [0.717, 1.165) is 18.4 Å². The fourth-order valence-corrected chi connectivity index (χ4v) is 2.06. The van der Waals surface area contributed by atoms with Gasteiger partial charge >= 0.3 is 7.12 Å². The first-order chi connectivity index (χ1) is 7.68. The molecule has 0 heterocycles. The third-order valence-corrected chi connectivity index (χ3v) is 2.97. The van der Waals surface area contributed by atoms with Crippen LogP contribution in [0.1, 0.15) is 31.2 Å². The molecule has 0 atom stereocenters. The molecule has 0 spiro atoms. The smallest absolute Gasteiger partial charge is 0.492 e. The molecule has 4 heteroatoms. The van der Waals surface area contributed by atoms with E-state index in [0.29, 0.717) is 0 Å². The molecule has 3 N–H and O–H groups in total. The van der Waals surface area contributed by atoms with Crippen molar-refractivity contribution < 1.29 is 15.2 Å². The number of phenolic OH excluding ortho intramolecular Hbond substituents is 1. The van der Waals surface area contributed by atoms with Gasteiger partial charge in [-0.15, -0.1) is 0 Å². The lowest BCUT2D eigenvalue weighted by atomic mass is 9.78. The number of hydrogen-bond acceptors (Lipinski definition) is 3. The van der Waals surface area contributed by atoms with Crippen LogP contribution in [0.25, 0.3) is 5.57 Å². The van der Waals surface area contributed by atoms with Gasteiger partial charge in [0.25, 0.3) is 0 Å². The lowest BCUT2D eigenvalue weighted by molar-refractivity contribution is 0.419. The minimum atomic E-state index is -1.62. The van der Waals surface area contributed by atoms with Crippen molar-refractivity contribution in [3.05, 3.63) is 29.8 Å². The largest absolute Gasteiger partial charge is 0.508 e. The quantitative estimate of drug-likeness (QED) is 0.649. The van der Waals surface area contributed by atoms with E-state index in [4.69, 9.17) is 10.0 Å². The highest BCUT2D eigenvalue weighted by Gasteiger charge is 2.17. The molecule has 84 valence electrons. The number of phenols is 1. The molecule has 3 nitrogen and oxygen atoms in total. The zero-order chi connectivity index (χ0) is 11.5. The van der Waals surface area contributed by atoms with Gasteiger partial charge in [0, 0.05) is 5.46 Å². The van der Waals surface area contributed by atoms with Gasteiger partial charge in [0.15, 0.2) is 0 Å². The Morgan fingerprint density at radius 3 is 2.50 bits per heavy atom. The van der Waals surface area contributed by atoms with E-state index < -0.39 is 7.12 Å². The Kier molecular flexibility index (Phi) is 3.32. The van der Waals surface area contributed by atoms with Crippen LogP contribution in [0.5, 0.6) is 5.75 Å². The fourth-order valence-electron chi connectivity index (χ4n) is 2.06. The van der Waals surface area contributed by atoms with Crippen LogP contribution in [-0.4, -0.2) is 22.3 Å². The maximum absolute atomic E-state index is 9.65. The van der Waals surface area contributed by atoms with Crippen molar-refractivity contribution in [2.45, 2.75) is 25.7 Å². The molecule has 1 aliphatic rings. The van der Waals surface area contributed by atoms with Crippen molar-refractivity contribution in [2.24, 2.45) is 0 Å². The number of aromatic hydroxyl groups is 1. The van der Waals surface area contributed by atoms with E-state index in [1.54, 1.807) is 12.1 Å². The Labute approximate surface area is 95.2 Å². The fraction of sp³-hybridized carbons (Fsp3) is 0.333. The van der Waals surface area contributed by atoms with Crippen LogP contribution >= 0.6 is 0 Å². The van der Waals surface area contributed by atoms with Crippen LogP contribution in [0.2, 0.25) is 0 Å². The highest BCUT2D eigenvalue weighted by atomic mass is 16.4. The molecule has 1 aromatic rings. The molecular weight excluding hydrogens is 203 g/mol. The number of allylic oxidation sites excluding steroid dienone is 2. The lowest BCUT2D eigenvalue weighted by Crippen LogP contribution is -2.29. The van der Waals surface area contributed by atoms with Crippen LogP contribution in [0.15, 0.2) is 24.3 Å². The highest BCUT2D eigenvalue weighted by molar-refractivity contribution is 6.59. The van der Waals surface area contributed by atoms with Gasteiger partial charge in [0.2, 0.25) is 0 Å². The van der Waals surface area contributed by atoms with Crippen molar-refractivity contribution in [1.29, 1.82) is 0 Å². The van der Waals surface area contributed by atoms with Gasteiger partial charge in [-0.2, -0.15) is 0 Å². The Bertz CT molecular complexity index is 413. The van der Waals surface area contributed by atoms with Gasteiger partial charge in [-0.3, -0.25) is 0 Å². The topological polar surface area (TPSA) is 60.7 Å². The Morgan fingerprint density at radius 1 is 1.12 bits per heavy atom. The summed E-state index contributed by atoms with van der Waals surface area (Å²) >= 11 is 0. The van der Waals surface area contributed by atoms with Crippen LogP contribution in [-0.2, 0) is 0 Å². The normalized spacial score (nSPS) is 15.8. The summed E-state index contributed by atoms with van der Waals surface area (Å²) in [7, 11) is -1.62. The Morgan fingerprint density at radius 2 is 1.94 bits per heavy atom. The van der Waals surface area contributed by atoms with Crippen molar-refractivity contribution >= 4 is 18.2 Å².